The van der Waals surface area contributed by atoms with Gasteiger partial charge in [0.1, 0.15) is 0 Å². The van der Waals surface area contributed by atoms with Crippen LogP contribution in [0.5, 0.6) is 0 Å². The summed E-state index contributed by atoms with van der Waals surface area (Å²) in [6, 6.07) is 0. The Hall–Kier alpha value is 0.507. The molecule has 5 heteroatoms. The van der Waals surface area contributed by atoms with E-state index in [0.29, 0.717) is 6.54 Å². The molecule has 0 N–H and O–H groups in total. The number of sulfonamides is 1. The summed E-state index contributed by atoms with van der Waals surface area (Å²) in [6.45, 7) is 0.502. The fourth-order valence-corrected chi connectivity index (χ4v) is 0.721. The molecule has 0 aromatic carbocycles. The van der Waals surface area contributed by atoms with E-state index < -0.39 is 10.0 Å². The smallest absolute Gasteiger partial charge is 0.548 e. The van der Waals surface area contributed by atoms with Crippen LogP contribution in [0.2, 0.25) is 0 Å². The van der Waals surface area contributed by atoms with Crippen LogP contribution in [0.3, 0.4) is 0 Å². The van der Waals surface area contributed by atoms with Crippen LogP contribution in [0.25, 0.3) is 4.72 Å². The van der Waals surface area contributed by atoms with Crippen molar-refractivity contribution in [3.05, 3.63) is 4.72 Å². The molecule has 1 fully saturated rings. The minimum Gasteiger partial charge on any atom is -0.548 e. The molecular weight excluding hydrogens is 109 g/mol. The Bertz CT molecular complexity index is 130. The van der Waals surface area contributed by atoms with Crippen molar-refractivity contribution in [2.45, 2.75) is 0 Å². The second-order valence-corrected chi connectivity index (χ2v) is 2.97. The quantitative estimate of drug-likeness (QED) is 0.309. The van der Waals surface area contributed by atoms with Crippen LogP contribution in [0, 0.1) is 0 Å². The zero-order valence-corrected chi connectivity index (χ0v) is 4.90. The number of hydrogen-bond acceptors (Lipinski definition) is 2. The third-order valence-corrected chi connectivity index (χ3v) is 1.91. The van der Waals surface area contributed by atoms with E-state index in [1.54, 1.807) is 0 Å². The molecule has 36 valence electrons. The third kappa shape index (κ3) is 1.83. The Morgan fingerprint density at radius 1 is 1.43 bits per heavy atom. The fourth-order valence-electron chi connectivity index (χ4n) is 0.240. The Labute approximate surface area is 54.7 Å². The minimum absolute atomic E-state index is 0. The molecule has 0 unspecified atom stereocenters. The van der Waals surface area contributed by atoms with Gasteiger partial charge in [0.2, 0.25) is 0 Å². The maximum atomic E-state index is 9.92. The third-order valence-electron chi connectivity index (χ3n) is 0.637. The molecule has 0 atom stereocenters. The Morgan fingerprint density at radius 3 is 1.71 bits per heavy atom. The van der Waals surface area contributed by atoms with Crippen molar-refractivity contribution in [3.63, 3.8) is 0 Å². The second-order valence-electron chi connectivity index (χ2n) is 1.14. The van der Waals surface area contributed by atoms with Crippen LogP contribution in [-0.4, -0.2) is 20.7 Å². The molecule has 3 nitrogen and oxygen atoms in total. The average Bonchev–Trinajstić information content (AvgIpc) is 1.32. The molecule has 1 rings (SSSR count). The van der Waals surface area contributed by atoms with Crippen molar-refractivity contribution in [1.29, 1.82) is 0 Å². The summed E-state index contributed by atoms with van der Waals surface area (Å²) in [5.74, 6) is 0.257. The van der Waals surface area contributed by atoms with E-state index in [4.69, 9.17) is 0 Å². The van der Waals surface area contributed by atoms with Gasteiger partial charge in [-0.25, -0.2) is 8.42 Å². The fraction of sp³-hybridized carbons (Fsp3) is 1.00. The Balaban J connectivity index is 0.000000360. The van der Waals surface area contributed by atoms with Gasteiger partial charge in [0.15, 0.2) is 0 Å². The monoisotopic (exact) mass is 113 g/mol. The van der Waals surface area contributed by atoms with Gasteiger partial charge in [-0.05, 0) is 0 Å². The van der Waals surface area contributed by atoms with Crippen LogP contribution < -0.4 is 18.9 Å². The maximum absolute atomic E-state index is 9.92. The summed E-state index contributed by atoms with van der Waals surface area (Å²) in [4.78, 5) is 0. The summed E-state index contributed by atoms with van der Waals surface area (Å²) >= 11 is 0. The molecule has 0 spiro atoms. The average molecular weight is 113 g/mol. The topological polar surface area (TPSA) is 48.2 Å². The number of rotatable bonds is 0. The van der Waals surface area contributed by atoms with Crippen LogP contribution in [-0.2, 0) is 10.0 Å². The molecule has 1 saturated heterocycles. The Kier molecular flexibility index (Phi) is 2.34. The molecule has 0 aromatic rings. The standard InChI is InChI=1S/C2H4NO2S.Li/c4-6(5)2-1-3-6;/h1-2H2;/q-1;+1. The van der Waals surface area contributed by atoms with Crippen molar-refractivity contribution in [2.75, 3.05) is 12.3 Å². The summed E-state index contributed by atoms with van der Waals surface area (Å²) in [5.41, 5.74) is 0. The van der Waals surface area contributed by atoms with Crippen LogP contribution >= 0.6 is 0 Å². The molecule has 7 heavy (non-hydrogen) atoms. The SMILES string of the molecule is O=S1(=O)CC[N-]1.[Li+]. The van der Waals surface area contributed by atoms with Crippen LogP contribution in [0.4, 0.5) is 0 Å². The van der Waals surface area contributed by atoms with Crippen molar-refractivity contribution in [3.8, 4) is 0 Å². The molecule has 1 aliphatic rings. The molecule has 0 saturated carbocycles. The molecule has 1 aliphatic heterocycles. The predicted octanol–water partition coefficient (Wildman–Crippen LogP) is -3.29. The molecule has 0 aliphatic carbocycles. The largest absolute Gasteiger partial charge is 1.00 e. The van der Waals surface area contributed by atoms with E-state index in [2.05, 4.69) is 4.72 Å². The second kappa shape index (κ2) is 2.18. The van der Waals surface area contributed by atoms with E-state index in [0.717, 1.165) is 0 Å². The van der Waals surface area contributed by atoms with Crippen molar-refractivity contribution < 1.29 is 27.3 Å². The van der Waals surface area contributed by atoms with Gasteiger partial charge in [-0.3, -0.25) is 0 Å². The van der Waals surface area contributed by atoms with Gasteiger partial charge >= 0.3 is 18.9 Å². The van der Waals surface area contributed by atoms with Crippen LogP contribution in [0.15, 0.2) is 0 Å². The first-order valence-electron chi connectivity index (χ1n) is 1.62. The first-order valence-corrected chi connectivity index (χ1v) is 3.23. The summed E-state index contributed by atoms with van der Waals surface area (Å²) in [6.07, 6.45) is 0. The molecule has 0 bridgehead atoms. The first kappa shape index (κ1) is 7.51. The summed E-state index contributed by atoms with van der Waals surface area (Å²) < 4.78 is 23.0. The first-order chi connectivity index (χ1) is 2.71. The zero-order valence-electron chi connectivity index (χ0n) is 4.09. The zero-order chi connectivity index (χ0) is 4.62. The number of nitrogens with zero attached hydrogens (tertiary/aromatic N) is 1. The van der Waals surface area contributed by atoms with Gasteiger partial charge in [-0.2, -0.15) is 0 Å². The molecular formula is C2H4LiNO2S. The van der Waals surface area contributed by atoms with Gasteiger partial charge in [0.05, 0.1) is 10.0 Å². The minimum atomic E-state index is -2.86. The van der Waals surface area contributed by atoms with E-state index >= 15 is 0 Å². The maximum Gasteiger partial charge on any atom is 1.00 e. The molecule has 0 radical (unpaired) electrons. The van der Waals surface area contributed by atoms with Crippen molar-refractivity contribution in [1.82, 2.24) is 0 Å². The summed E-state index contributed by atoms with van der Waals surface area (Å²) in [5, 5.41) is 0. The van der Waals surface area contributed by atoms with E-state index in [-0.39, 0.29) is 24.6 Å². The van der Waals surface area contributed by atoms with Gasteiger partial charge in [0, 0.05) is 5.75 Å². The Morgan fingerprint density at radius 2 is 1.71 bits per heavy atom. The van der Waals surface area contributed by atoms with Crippen molar-refractivity contribution >= 4 is 10.0 Å². The van der Waals surface area contributed by atoms with Gasteiger partial charge < -0.3 is 4.72 Å². The normalized spacial score (nSPS) is 24.6. The van der Waals surface area contributed by atoms with E-state index in [1.165, 1.54) is 0 Å². The van der Waals surface area contributed by atoms with E-state index in [1.807, 2.05) is 0 Å². The van der Waals surface area contributed by atoms with E-state index in [9.17, 15) is 8.42 Å². The van der Waals surface area contributed by atoms with Gasteiger partial charge in [0.25, 0.3) is 0 Å². The van der Waals surface area contributed by atoms with Gasteiger partial charge in [-0.1, -0.05) is 0 Å². The van der Waals surface area contributed by atoms with Gasteiger partial charge in [-0.15, -0.1) is 6.54 Å². The predicted molar refractivity (Wildman–Crippen MR) is 22.0 cm³/mol. The molecule has 0 aromatic heterocycles. The molecule has 0 amide bonds. The van der Waals surface area contributed by atoms with Crippen LogP contribution in [0.1, 0.15) is 0 Å². The molecule has 1 heterocycles. The van der Waals surface area contributed by atoms with Crippen molar-refractivity contribution in [2.24, 2.45) is 0 Å². The number of hydrogen-bond donors (Lipinski definition) is 0. The summed E-state index contributed by atoms with van der Waals surface area (Å²) in [7, 11) is -2.86.